The smallest absolute Gasteiger partial charge is 0.228 e. The lowest BCUT2D eigenvalue weighted by molar-refractivity contribution is -0.117. The van der Waals surface area contributed by atoms with Gasteiger partial charge in [-0.3, -0.25) is 9.59 Å². The molecular weight excluding hydrogens is 292 g/mol. The summed E-state index contributed by atoms with van der Waals surface area (Å²) in [5.41, 5.74) is 2.38. The average Bonchev–Trinajstić information content (AvgIpc) is 3.28. The molecule has 2 atom stereocenters. The molecule has 0 aromatic heterocycles. The van der Waals surface area contributed by atoms with Gasteiger partial charge in [0, 0.05) is 24.2 Å². The lowest BCUT2D eigenvalue weighted by Crippen LogP contribution is -2.15. The van der Waals surface area contributed by atoms with Gasteiger partial charge in [-0.2, -0.15) is 0 Å². The van der Waals surface area contributed by atoms with Crippen LogP contribution in [0, 0.1) is 5.92 Å². The monoisotopic (exact) mass is 310 g/mol. The predicted molar refractivity (Wildman–Crippen MR) is 88.3 cm³/mol. The summed E-state index contributed by atoms with van der Waals surface area (Å²) in [5.74, 6) is 0.203. The Balaban J connectivity index is 1.62. The number of aromatic hydroxyl groups is 1. The number of phenols is 1. The highest BCUT2D eigenvalue weighted by atomic mass is 16.3. The number of benzene rings is 2. The van der Waals surface area contributed by atoms with Crippen molar-refractivity contribution in [3.63, 3.8) is 0 Å². The number of amides is 2. The third kappa shape index (κ3) is 3.69. The Morgan fingerprint density at radius 3 is 2.35 bits per heavy atom. The molecule has 0 bridgehead atoms. The number of hydrogen-bond donors (Lipinski definition) is 3. The molecule has 1 aliphatic carbocycles. The van der Waals surface area contributed by atoms with E-state index in [0.29, 0.717) is 11.4 Å². The number of phenolic OH excluding ortho intramolecular Hbond substituents is 1. The molecule has 2 aromatic rings. The number of rotatable bonds is 4. The van der Waals surface area contributed by atoms with Crippen LogP contribution in [0.2, 0.25) is 0 Å². The largest absolute Gasteiger partial charge is 0.508 e. The van der Waals surface area contributed by atoms with E-state index in [-0.39, 0.29) is 29.4 Å². The third-order valence-electron chi connectivity index (χ3n) is 3.90. The Labute approximate surface area is 134 Å². The van der Waals surface area contributed by atoms with Crippen LogP contribution in [0.1, 0.15) is 24.8 Å². The van der Waals surface area contributed by atoms with Crippen molar-refractivity contribution in [2.75, 3.05) is 10.6 Å². The first-order chi connectivity index (χ1) is 11.0. The molecule has 0 spiro atoms. The molecule has 1 saturated carbocycles. The van der Waals surface area contributed by atoms with E-state index in [1.165, 1.54) is 6.92 Å². The lowest BCUT2D eigenvalue weighted by Gasteiger charge is -2.08. The second-order valence-corrected chi connectivity index (χ2v) is 5.79. The van der Waals surface area contributed by atoms with Crippen molar-refractivity contribution in [1.82, 2.24) is 0 Å². The van der Waals surface area contributed by atoms with Crippen molar-refractivity contribution in [2.45, 2.75) is 19.3 Å². The molecule has 0 heterocycles. The fraction of sp³-hybridized carbons (Fsp3) is 0.222. The second kappa shape index (κ2) is 6.12. The zero-order valence-electron chi connectivity index (χ0n) is 12.7. The maximum atomic E-state index is 12.3. The van der Waals surface area contributed by atoms with Gasteiger partial charge in [0.1, 0.15) is 5.75 Å². The molecule has 1 fully saturated rings. The van der Waals surface area contributed by atoms with Crippen molar-refractivity contribution >= 4 is 23.2 Å². The second-order valence-electron chi connectivity index (χ2n) is 5.79. The highest BCUT2D eigenvalue weighted by Crippen LogP contribution is 2.48. The quantitative estimate of drug-likeness (QED) is 0.812. The first-order valence-corrected chi connectivity index (χ1v) is 7.50. The summed E-state index contributed by atoms with van der Waals surface area (Å²) in [5, 5.41) is 14.9. The summed E-state index contributed by atoms with van der Waals surface area (Å²) in [7, 11) is 0. The first-order valence-electron chi connectivity index (χ1n) is 7.50. The molecule has 2 unspecified atom stereocenters. The summed E-state index contributed by atoms with van der Waals surface area (Å²) in [6, 6.07) is 14.1. The van der Waals surface area contributed by atoms with Gasteiger partial charge in [-0.1, -0.05) is 18.2 Å². The van der Waals surface area contributed by atoms with E-state index in [4.69, 9.17) is 0 Å². The summed E-state index contributed by atoms with van der Waals surface area (Å²) in [6.07, 6.45) is 0.808. The van der Waals surface area contributed by atoms with Crippen LogP contribution in [0.25, 0.3) is 0 Å². The zero-order valence-corrected chi connectivity index (χ0v) is 12.7. The van der Waals surface area contributed by atoms with Gasteiger partial charge in [0.15, 0.2) is 0 Å². The molecule has 3 rings (SSSR count). The van der Waals surface area contributed by atoms with Crippen LogP contribution in [0.4, 0.5) is 11.4 Å². The molecule has 118 valence electrons. The third-order valence-corrected chi connectivity index (χ3v) is 3.90. The molecule has 2 aromatic carbocycles. The Morgan fingerprint density at radius 2 is 1.70 bits per heavy atom. The van der Waals surface area contributed by atoms with E-state index in [0.717, 1.165) is 12.0 Å². The molecule has 23 heavy (non-hydrogen) atoms. The van der Waals surface area contributed by atoms with Crippen LogP contribution in [-0.4, -0.2) is 16.9 Å². The molecule has 3 N–H and O–H groups in total. The summed E-state index contributed by atoms with van der Waals surface area (Å²) >= 11 is 0. The average molecular weight is 310 g/mol. The van der Waals surface area contributed by atoms with Gasteiger partial charge in [-0.25, -0.2) is 0 Å². The van der Waals surface area contributed by atoms with Crippen LogP contribution in [0.15, 0.2) is 48.5 Å². The van der Waals surface area contributed by atoms with Gasteiger partial charge in [-0.05, 0) is 48.2 Å². The normalized spacial score (nSPS) is 19.0. The first kappa shape index (κ1) is 15.1. The van der Waals surface area contributed by atoms with E-state index < -0.39 is 0 Å². The molecule has 5 heteroatoms. The summed E-state index contributed by atoms with van der Waals surface area (Å²) in [6.45, 7) is 1.44. The van der Waals surface area contributed by atoms with Gasteiger partial charge in [0.25, 0.3) is 0 Å². The van der Waals surface area contributed by atoms with Crippen molar-refractivity contribution < 1.29 is 14.7 Å². The minimum Gasteiger partial charge on any atom is -0.508 e. The van der Waals surface area contributed by atoms with Crippen LogP contribution in [-0.2, 0) is 9.59 Å². The van der Waals surface area contributed by atoms with Crippen LogP contribution < -0.4 is 10.6 Å². The number of anilines is 2. The molecule has 5 nitrogen and oxygen atoms in total. The minimum atomic E-state index is -0.150. The predicted octanol–water partition coefficient (Wildman–Crippen LogP) is 3.09. The Hall–Kier alpha value is -2.82. The summed E-state index contributed by atoms with van der Waals surface area (Å²) in [4.78, 5) is 23.4. The van der Waals surface area contributed by atoms with Crippen LogP contribution in [0.5, 0.6) is 5.75 Å². The van der Waals surface area contributed by atoms with Crippen LogP contribution >= 0.6 is 0 Å². The molecule has 2 amide bonds. The fourth-order valence-electron chi connectivity index (χ4n) is 2.69. The van der Waals surface area contributed by atoms with Crippen molar-refractivity contribution in [3.05, 3.63) is 54.1 Å². The van der Waals surface area contributed by atoms with Crippen molar-refractivity contribution in [2.24, 2.45) is 5.92 Å². The van der Waals surface area contributed by atoms with Gasteiger partial charge < -0.3 is 15.7 Å². The topological polar surface area (TPSA) is 78.4 Å². The SMILES string of the molecule is CC(=O)Nc1cccc(NC(=O)C2CC2c2ccc(O)cc2)c1. The Morgan fingerprint density at radius 1 is 1.04 bits per heavy atom. The lowest BCUT2D eigenvalue weighted by atomic mass is 10.1. The van der Waals surface area contributed by atoms with Gasteiger partial charge in [0.2, 0.25) is 11.8 Å². The molecular formula is C18H18N2O3. The van der Waals surface area contributed by atoms with E-state index in [9.17, 15) is 14.7 Å². The van der Waals surface area contributed by atoms with E-state index >= 15 is 0 Å². The number of hydrogen-bond acceptors (Lipinski definition) is 3. The Kier molecular flexibility index (Phi) is 4.02. The maximum absolute atomic E-state index is 12.3. The summed E-state index contributed by atoms with van der Waals surface area (Å²) < 4.78 is 0. The molecule has 0 radical (unpaired) electrons. The molecule has 1 aliphatic rings. The number of nitrogens with one attached hydrogen (secondary N) is 2. The Bertz CT molecular complexity index is 740. The van der Waals surface area contributed by atoms with Gasteiger partial charge >= 0.3 is 0 Å². The van der Waals surface area contributed by atoms with E-state index in [2.05, 4.69) is 10.6 Å². The van der Waals surface area contributed by atoms with Crippen molar-refractivity contribution in [1.29, 1.82) is 0 Å². The number of carbonyl (C=O) groups is 2. The fourth-order valence-corrected chi connectivity index (χ4v) is 2.69. The van der Waals surface area contributed by atoms with E-state index in [1.54, 1.807) is 36.4 Å². The standard InChI is InChI=1S/C18H18N2O3/c1-11(21)19-13-3-2-4-14(9-13)20-18(23)17-10-16(17)12-5-7-15(22)8-6-12/h2-9,16-17,22H,10H2,1H3,(H,19,21)(H,20,23). The van der Waals surface area contributed by atoms with Gasteiger partial charge in [-0.15, -0.1) is 0 Å². The van der Waals surface area contributed by atoms with Crippen LogP contribution in [0.3, 0.4) is 0 Å². The minimum absolute atomic E-state index is 0.0250. The number of carbonyl (C=O) groups excluding carboxylic acids is 2. The highest BCUT2D eigenvalue weighted by molar-refractivity contribution is 5.96. The zero-order chi connectivity index (χ0) is 16.4. The van der Waals surface area contributed by atoms with Crippen molar-refractivity contribution in [3.8, 4) is 5.75 Å². The maximum Gasteiger partial charge on any atom is 0.228 e. The molecule has 0 saturated heterocycles. The molecule has 0 aliphatic heterocycles. The van der Waals surface area contributed by atoms with E-state index in [1.807, 2.05) is 12.1 Å². The van der Waals surface area contributed by atoms with Gasteiger partial charge in [0.05, 0.1) is 0 Å². The highest BCUT2D eigenvalue weighted by Gasteiger charge is 2.43.